The Kier molecular flexibility index (Phi) is 6.73. The minimum absolute atomic E-state index is 0.124. The normalized spacial score (nSPS) is 25.2. The van der Waals surface area contributed by atoms with Crippen LogP contribution in [0.4, 0.5) is 0 Å². The minimum atomic E-state index is -3.31. The van der Waals surface area contributed by atoms with E-state index in [1.807, 2.05) is 6.92 Å². The van der Waals surface area contributed by atoms with Gasteiger partial charge in [0.2, 0.25) is 0 Å². The number of hydrogen-bond acceptors (Lipinski definition) is 3. The average Bonchev–Trinajstić information content (AvgIpc) is 2.38. The SMILES string of the molecule is CCCCN(C)S(=O)(=O)N(CC)C1CCC(N)CC1. The highest BCUT2D eigenvalue weighted by Gasteiger charge is 2.33. The van der Waals surface area contributed by atoms with Gasteiger partial charge in [-0.1, -0.05) is 20.3 Å². The second kappa shape index (κ2) is 7.57. The van der Waals surface area contributed by atoms with Gasteiger partial charge in [-0.2, -0.15) is 17.0 Å². The lowest BCUT2D eigenvalue weighted by molar-refractivity contribution is 0.233. The van der Waals surface area contributed by atoms with Crippen molar-refractivity contribution in [3.8, 4) is 0 Å². The second-order valence-electron chi connectivity index (χ2n) is 5.45. The van der Waals surface area contributed by atoms with Gasteiger partial charge in [-0.3, -0.25) is 0 Å². The Morgan fingerprint density at radius 2 is 1.74 bits per heavy atom. The maximum atomic E-state index is 12.6. The van der Waals surface area contributed by atoms with Crippen molar-refractivity contribution in [2.45, 2.75) is 64.5 Å². The molecule has 0 bridgehead atoms. The standard InChI is InChI=1S/C13H29N3O2S/c1-4-6-11-15(3)19(17,18)16(5-2)13-9-7-12(14)8-10-13/h12-13H,4-11,14H2,1-3H3. The smallest absolute Gasteiger partial charge is 0.281 e. The molecule has 1 saturated carbocycles. The molecule has 0 amide bonds. The van der Waals surface area contributed by atoms with Gasteiger partial charge in [-0.25, -0.2) is 0 Å². The maximum Gasteiger partial charge on any atom is 0.281 e. The van der Waals surface area contributed by atoms with Gasteiger partial charge in [-0.15, -0.1) is 0 Å². The highest BCUT2D eigenvalue weighted by Crippen LogP contribution is 2.25. The molecule has 0 saturated heterocycles. The largest absolute Gasteiger partial charge is 0.328 e. The summed E-state index contributed by atoms with van der Waals surface area (Å²) in [5, 5.41) is 0. The van der Waals surface area contributed by atoms with Crippen LogP contribution >= 0.6 is 0 Å². The summed E-state index contributed by atoms with van der Waals surface area (Å²) >= 11 is 0. The number of nitrogens with zero attached hydrogens (tertiary/aromatic N) is 2. The van der Waals surface area contributed by atoms with Crippen molar-refractivity contribution in [3.05, 3.63) is 0 Å². The highest BCUT2D eigenvalue weighted by molar-refractivity contribution is 7.86. The molecule has 0 atom stereocenters. The Balaban J connectivity index is 2.71. The van der Waals surface area contributed by atoms with Crippen LogP contribution in [0.25, 0.3) is 0 Å². The summed E-state index contributed by atoms with van der Waals surface area (Å²) in [6.45, 7) is 5.13. The molecule has 0 spiro atoms. The third kappa shape index (κ3) is 4.41. The Bertz CT molecular complexity index is 351. The highest BCUT2D eigenvalue weighted by atomic mass is 32.2. The monoisotopic (exact) mass is 291 g/mol. The minimum Gasteiger partial charge on any atom is -0.328 e. The van der Waals surface area contributed by atoms with E-state index in [4.69, 9.17) is 5.73 Å². The summed E-state index contributed by atoms with van der Waals surface area (Å²) in [7, 11) is -1.63. The van der Waals surface area contributed by atoms with Crippen molar-refractivity contribution < 1.29 is 8.42 Å². The lowest BCUT2D eigenvalue weighted by atomic mass is 9.92. The van der Waals surface area contributed by atoms with Gasteiger partial charge in [0.1, 0.15) is 0 Å². The summed E-state index contributed by atoms with van der Waals surface area (Å²) < 4.78 is 28.3. The number of nitrogens with two attached hydrogens (primary N) is 1. The van der Waals surface area contributed by atoms with Crippen LogP contribution < -0.4 is 5.73 Å². The van der Waals surface area contributed by atoms with Crippen LogP contribution in [-0.2, 0) is 10.2 Å². The average molecular weight is 291 g/mol. The van der Waals surface area contributed by atoms with Gasteiger partial charge in [0.05, 0.1) is 0 Å². The van der Waals surface area contributed by atoms with Gasteiger partial charge >= 0.3 is 0 Å². The Morgan fingerprint density at radius 3 is 2.21 bits per heavy atom. The van der Waals surface area contributed by atoms with Crippen molar-refractivity contribution in [1.82, 2.24) is 8.61 Å². The maximum absolute atomic E-state index is 12.6. The van der Waals surface area contributed by atoms with E-state index in [9.17, 15) is 8.42 Å². The first-order chi connectivity index (χ1) is 8.93. The second-order valence-corrected chi connectivity index (χ2v) is 7.44. The molecule has 1 aliphatic rings. The molecule has 19 heavy (non-hydrogen) atoms. The summed E-state index contributed by atoms with van der Waals surface area (Å²) in [6.07, 6.45) is 5.53. The van der Waals surface area contributed by atoms with E-state index in [1.54, 1.807) is 11.4 Å². The van der Waals surface area contributed by atoms with Crippen LogP contribution in [0.2, 0.25) is 0 Å². The van der Waals surface area contributed by atoms with Gasteiger partial charge in [0.15, 0.2) is 0 Å². The van der Waals surface area contributed by atoms with Crippen LogP contribution in [0, 0.1) is 0 Å². The Hall–Kier alpha value is -0.170. The molecule has 1 rings (SSSR count). The lowest BCUT2D eigenvalue weighted by Crippen LogP contribution is -2.49. The summed E-state index contributed by atoms with van der Waals surface area (Å²) in [4.78, 5) is 0. The molecule has 0 aromatic rings. The molecule has 6 heteroatoms. The van der Waals surface area contributed by atoms with Crippen molar-refractivity contribution in [2.24, 2.45) is 5.73 Å². The van der Waals surface area contributed by atoms with E-state index in [0.717, 1.165) is 38.5 Å². The third-order valence-electron chi connectivity index (χ3n) is 3.98. The molecule has 0 aliphatic heterocycles. The first kappa shape index (κ1) is 16.9. The van der Waals surface area contributed by atoms with E-state index in [-0.39, 0.29) is 12.1 Å². The molecule has 5 nitrogen and oxygen atoms in total. The molecule has 2 N–H and O–H groups in total. The van der Waals surface area contributed by atoms with Crippen LogP contribution in [0.1, 0.15) is 52.4 Å². The molecule has 0 aromatic carbocycles. The van der Waals surface area contributed by atoms with Gasteiger partial charge in [0, 0.05) is 32.2 Å². The summed E-state index contributed by atoms with van der Waals surface area (Å²) in [6, 6.07) is 0.370. The fourth-order valence-electron chi connectivity index (χ4n) is 2.67. The molecule has 1 fully saturated rings. The summed E-state index contributed by atoms with van der Waals surface area (Å²) in [5.74, 6) is 0. The van der Waals surface area contributed by atoms with E-state index in [0.29, 0.717) is 13.1 Å². The molecular weight excluding hydrogens is 262 g/mol. The fraction of sp³-hybridized carbons (Fsp3) is 1.00. The van der Waals surface area contributed by atoms with Crippen LogP contribution in [0.15, 0.2) is 0 Å². The summed E-state index contributed by atoms with van der Waals surface area (Å²) in [5.41, 5.74) is 5.89. The fourth-order valence-corrected chi connectivity index (χ4v) is 4.31. The molecule has 1 aliphatic carbocycles. The number of rotatable bonds is 7. The zero-order valence-electron chi connectivity index (χ0n) is 12.5. The van der Waals surface area contributed by atoms with E-state index in [2.05, 4.69) is 6.92 Å². The Morgan fingerprint density at radius 1 is 1.16 bits per heavy atom. The first-order valence-corrected chi connectivity index (χ1v) is 8.81. The zero-order valence-corrected chi connectivity index (χ0v) is 13.3. The Labute approximate surface area is 118 Å². The predicted octanol–water partition coefficient (Wildman–Crippen LogP) is 1.55. The van der Waals surface area contributed by atoms with Gasteiger partial charge < -0.3 is 5.73 Å². The first-order valence-electron chi connectivity index (χ1n) is 7.42. The predicted molar refractivity (Wildman–Crippen MR) is 79.1 cm³/mol. The van der Waals surface area contributed by atoms with Crippen molar-refractivity contribution in [2.75, 3.05) is 20.1 Å². The van der Waals surface area contributed by atoms with Crippen molar-refractivity contribution in [1.29, 1.82) is 0 Å². The van der Waals surface area contributed by atoms with Crippen LogP contribution in [0.3, 0.4) is 0 Å². The molecule has 114 valence electrons. The third-order valence-corrected chi connectivity index (χ3v) is 6.10. The van der Waals surface area contributed by atoms with Gasteiger partial charge in [-0.05, 0) is 32.1 Å². The molecule has 0 radical (unpaired) electrons. The van der Waals surface area contributed by atoms with E-state index in [1.165, 1.54) is 4.31 Å². The zero-order chi connectivity index (χ0) is 14.5. The van der Waals surface area contributed by atoms with Crippen molar-refractivity contribution in [3.63, 3.8) is 0 Å². The lowest BCUT2D eigenvalue weighted by Gasteiger charge is -2.36. The quantitative estimate of drug-likeness (QED) is 0.774. The van der Waals surface area contributed by atoms with Gasteiger partial charge in [0.25, 0.3) is 10.2 Å². The molecule has 0 aromatic heterocycles. The van der Waals surface area contributed by atoms with Crippen LogP contribution in [-0.4, -0.2) is 49.2 Å². The molecule has 0 unspecified atom stereocenters. The van der Waals surface area contributed by atoms with Crippen LogP contribution in [0.5, 0.6) is 0 Å². The topological polar surface area (TPSA) is 66.6 Å². The molecule has 0 heterocycles. The van der Waals surface area contributed by atoms with E-state index < -0.39 is 10.2 Å². The molecular formula is C13H29N3O2S. The van der Waals surface area contributed by atoms with E-state index >= 15 is 0 Å². The number of unbranched alkanes of at least 4 members (excludes halogenated alkanes) is 1. The van der Waals surface area contributed by atoms with Crippen molar-refractivity contribution >= 4 is 10.2 Å². The number of hydrogen-bond donors (Lipinski definition) is 1.